The summed E-state index contributed by atoms with van der Waals surface area (Å²) in [7, 11) is 0. The molecule has 7 nitrogen and oxygen atoms in total. The van der Waals surface area contributed by atoms with Crippen molar-refractivity contribution < 1.29 is 18.8 Å². The third-order valence-electron chi connectivity index (χ3n) is 3.75. The molecule has 1 aromatic rings. The van der Waals surface area contributed by atoms with E-state index in [9.17, 15) is 19.3 Å². The van der Waals surface area contributed by atoms with Gasteiger partial charge in [-0.1, -0.05) is 6.07 Å². The number of hydrogen-bond acceptors (Lipinski definition) is 5. The second kappa shape index (κ2) is 6.62. The van der Waals surface area contributed by atoms with Crippen molar-refractivity contribution >= 4 is 17.5 Å². The highest BCUT2D eigenvalue weighted by Gasteiger charge is 2.32. The number of nitro groups is 1. The van der Waals surface area contributed by atoms with E-state index in [1.165, 1.54) is 12.1 Å². The van der Waals surface area contributed by atoms with Crippen LogP contribution in [0.1, 0.15) is 27.7 Å². The standard InChI is InChI=1S/C16H22FN3O4/c1-11-10-18(8-9-19(11)15(21)24-16(2,3)4)12-6-5-7-13(14(12)17)20(22)23/h5-7,11H,8-10H2,1-4H3/t11-/m0/s1. The van der Waals surface area contributed by atoms with Gasteiger partial charge in [0.15, 0.2) is 0 Å². The van der Waals surface area contributed by atoms with Crippen LogP contribution in [-0.2, 0) is 4.74 Å². The predicted octanol–water partition coefficient (Wildman–Crippen LogP) is 3.18. The first-order valence-corrected chi connectivity index (χ1v) is 7.77. The van der Waals surface area contributed by atoms with E-state index in [4.69, 9.17) is 4.74 Å². The number of nitro benzene ring substituents is 1. The largest absolute Gasteiger partial charge is 0.444 e. The minimum Gasteiger partial charge on any atom is -0.444 e. The van der Waals surface area contributed by atoms with Crippen LogP contribution in [0.5, 0.6) is 0 Å². The van der Waals surface area contributed by atoms with Crippen LogP contribution in [0.15, 0.2) is 18.2 Å². The lowest BCUT2D eigenvalue weighted by molar-refractivity contribution is -0.387. The first-order chi connectivity index (χ1) is 11.1. The number of rotatable bonds is 2. The van der Waals surface area contributed by atoms with Gasteiger partial charge in [-0.05, 0) is 33.8 Å². The first-order valence-electron chi connectivity index (χ1n) is 7.77. The maximum atomic E-state index is 14.3. The van der Waals surface area contributed by atoms with E-state index in [-0.39, 0.29) is 11.7 Å². The molecule has 1 aliphatic rings. The molecule has 1 heterocycles. The van der Waals surface area contributed by atoms with Crippen molar-refractivity contribution in [3.8, 4) is 0 Å². The Balaban J connectivity index is 2.13. The van der Waals surface area contributed by atoms with Gasteiger partial charge in [0, 0.05) is 31.7 Å². The number of nitrogens with zero attached hydrogens (tertiary/aromatic N) is 3. The van der Waals surface area contributed by atoms with Gasteiger partial charge in [-0.2, -0.15) is 4.39 Å². The molecule has 0 saturated carbocycles. The van der Waals surface area contributed by atoms with E-state index in [2.05, 4.69) is 0 Å². The summed E-state index contributed by atoms with van der Waals surface area (Å²) in [6.07, 6.45) is -0.408. The van der Waals surface area contributed by atoms with Gasteiger partial charge < -0.3 is 14.5 Å². The molecule has 0 radical (unpaired) electrons. The Bertz CT molecular complexity index is 645. The first kappa shape index (κ1) is 18.0. The Labute approximate surface area is 140 Å². The van der Waals surface area contributed by atoms with E-state index in [0.29, 0.717) is 19.6 Å². The van der Waals surface area contributed by atoms with Gasteiger partial charge in [-0.3, -0.25) is 10.1 Å². The van der Waals surface area contributed by atoms with Gasteiger partial charge in [-0.15, -0.1) is 0 Å². The van der Waals surface area contributed by atoms with E-state index in [0.717, 1.165) is 6.07 Å². The number of piperazine rings is 1. The third-order valence-corrected chi connectivity index (χ3v) is 3.75. The fourth-order valence-electron chi connectivity index (χ4n) is 2.66. The highest BCUT2D eigenvalue weighted by molar-refractivity contribution is 5.69. The van der Waals surface area contributed by atoms with Crippen molar-refractivity contribution in [2.45, 2.75) is 39.3 Å². The van der Waals surface area contributed by atoms with E-state index < -0.39 is 28.1 Å². The normalized spacial score (nSPS) is 18.5. The molecule has 1 aliphatic heterocycles. The van der Waals surface area contributed by atoms with Crippen LogP contribution < -0.4 is 4.90 Å². The van der Waals surface area contributed by atoms with Crippen LogP contribution in [0, 0.1) is 15.9 Å². The average molecular weight is 339 g/mol. The number of carbonyl (C=O) groups excluding carboxylic acids is 1. The summed E-state index contributed by atoms with van der Waals surface area (Å²) in [5.41, 5.74) is -0.949. The monoisotopic (exact) mass is 339 g/mol. The minimum absolute atomic E-state index is 0.180. The van der Waals surface area contributed by atoms with E-state index >= 15 is 0 Å². The number of ether oxygens (including phenoxy) is 1. The molecule has 1 fully saturated rings. The van der Waals surface area contributed by atoms with Gasteiger partial charge in [0.2, 0.25) is 5.82 Å². The minimum atomic E-state index is -0.847. The topological polar surface area (TPSA) is 75.9 Å². The Hall–Kier alpha value is -2.38. The van der Waals surface area contributed by atoms with Crippen LogP contribution in [0.25, 0.3) is 0 Å². The molecule has 0 spiro atoms. The van der Waals surface area contributed by atoms with Crippen LogP contribution in [0.2, 0.25) is 0 Å². The number of halogens is 1. The highest BCUT2D eigenvalue weighted by Crippen LogP contribution is 2.29. The Morgan fingerprint density at radius 2 is 2.04 bits per heavy atom. The van der Waals surface area contributed by atoms with Crippen LogP contribution in [0.4, 0.5) is 20.6 Å². The molecular weight excluding hydrogens is 317 g/mol. The van der Waals surface area contributed by atoms with Crippen molar-refractivity contribution in [1.29, 1.82) is 0 Å². The maximum absolute atomic E-state index is 14.3. The number of amides is 1. The fourth-order valence-corrected chi connectivity index (χ4v) is 2.66. The van der Waals surface area contributed by atoms with Gasteiger partial charge in [0.1, 0.15) is 5.60 Å². The smallest absolute Gasteiger partial charge is 0.410 e. The molecule has 0 aliphatic carbocycles. The molecule has 0 unspecified atom stereocenters. The number of hydrogen-bond donors (Lipinski definition) is 0. The van der Waals surface area contributed by atoms with E-state index in [1.54, 1.807) is 30.6 Å². The summed E-state index contributed by atoms with van der Waals surface area (Å²) in [6.45, 7) is 8.33. The fraction of sp³-hybridized carbons (Fsp3) is 0.562. The summed E-state index contributed by atoms with van der Waals surface area (Å²) in [6, 6.07) is 3.91. The second-order valence-corrected chi connectivity index (χ2v) is 6.84. The summed E-state index contributed by atoms with van der Waals surface area (Å²) in [4.78, 5) is 25.6. The predicted molar refractivity (Wildman–Crippen MR) is 87.7 cm³/mol. The van der Waals surface area contributed by atoms with Gasteiger partial charge in [0.25, 0.3) is 0 Å². The molecule has 24 heavy (non-hydrogen) atoms. The molecule has 1 saturated heterocycles. The van der Waals surface area contributed by atoms with Crippen molar-refractivity contribution in [1.82, 2.24) is 4.90 Å². The maximum Gasteiger partial charge on any atom is 0.410 e. The quantitative estimate of drug-likeness (QED) is 0.611. The molecule has 132 valence electrons. The lowest BCUT2D eigenvalue weighted by atomic mass is 10.1. The summed E-state index contributed by atoms with van der Waals surface area (Å²) >= 11 is 0. The number of carbonyl (C=O) groups is 1. The molecule has 1 aromatic carbocycles. The zero-order valence-electron chi connectivity index (χ0n) is 14.3. The zero-order chi connectivity index (χ0) is 18.1. The molecule has 0 aromatic heterocycles. The van der Waals surface area contributed by atoms with Crippen molar-refractivity contribution in [2.24, 2.45) is 0 Å². The van der Waals surface area contributed by atoms with Crippen LogP contribution in [0.3, 0.4) is 0 Å². The number of anilines is 1. The van der Waals surface area contributed by atoms with Crippen LogP contribution >= 0.6 is 0 Å². The van der Waals surface area contributed by atoms with Gasteiger partial charge in [-0.25, -0.2) is 4.79 Å². The van der Waals surface area contributed by atoms with Crippen molar-refractivity contribution in [3.63, 3.8) is 0 Å². The molecule has 8 heteroatoms. The molecule has 2 rings (SSSR count). The summed E-state index contributed by atoms with van der Waals surface area (Å²) in [5, 5.41) is 10.9. The molecule has 0 bridgehead atoms. The molecule has 0 N–H and O–H groups in total. The summed E-state index contributed by atoms with van der Waals surface area (Å²) in [5.74, 6) is -0.847. The van der Waals surface area contributed by atoms with Crippen molar-refractivity contribution in [2.75, 3.05) is 24.5 Å². The van der Waals surface area contributed by atoms with Crippen molar-refractivity contribution in [3.05, 3.63) is 34.1 Å². The van der Waals surface area contributed by atoms with Gasteiger partial charge in [0.05, 0.1) is 10.6 Å². The Morgan fingerprint density at radius 1 is 1.38 bits per heavy atom. The van der Waals surface area contributed by atoms with Gasteiger partial charge >= 0.3 is 11.8 Å². The highest BCUT2D eigenvalue weighted by atomic mass is 19.1. The molecule has 1 amide bonds. The second-order valence-electron chi connectivity index (χ2n) is 6.84. The number of benzene rings is 1. The SMILES string of the molecule is C[C@H]1CN(c2cccc([N+](=O)[O-])c2F)CCN1C(=O)OC(C)(C)C. The molecular formula is C16H22FN3O4. The zero-order valence-corrected chi connectivity index (χ0v) is 14.3. The van der Waals surface area contributed by atoms with E-state index in [1.807, 2.05) is 6.92 Å². The average Bonchev–Trinajstić information content (AvgIpc) is 2.45. The Kier molecular flexibility index (Phi) is 4.96. The van der Waals surface area contributed by atoms with Crippen LogP contribution in [-0.4, -0.2) is 47.2 Å². The lowest BCUT2D eigenvalue weighted by Gasteiger charge is -2.41. The lowest BCUT2D eigenvalue weighted by Crippen LogP contribution is -2.55. The Morgan fingerprint density at radius 3 is 2.58 bits per heavy atom. The summed E-state index contributed by atoms with van der Waals surface area (Å²) < 4.78 is 19.7. The molecule has 1 atom stereocenters. The third kappa shape index (κ3) is 3.93.